The predicted octanol–water partition coefficient (Wildman–Crippen LogP) is 2.05. The summed E-state index contributed by atoms with van der Waals surface area (Å²) in [6.45, 7) is 17.1. The molecule has 4 fully saturated rings. The van der Waals surface area contributed by atoms with Gasteiger partial charge < -0.3 is 37.6 Å². The van der Waals surface area contributed by atoms with E-state index in [9.17, 15) is 0 Å². The normalized spacial score (nSPS) is 38.9. The summed E-state index contributed by atoms with van der Waals surface area (Å²) in [6, 6.07) is 0. The second-order valence-corrected chi connectivity index (χ2v) is 9.98. The molecule has 4 aliphatic heterocycles. The molecule has 4 heterocycles. The average Bonchev–Trinajstić information content (AvgIpc) is 3.18. The molecule has 4 saturated heterocycles. The molecule has 4 rings (SSSR count). The van der Waals surface area contributed by atoms with E-state index in [0.717, 1.165) is 37.3 Å². The van der Waals surface area contributed by atoms with Crippen molar-refractivity contribution in [2.45, 2.75) is 89.7 Å². The third kappa shape index (κ3) is 5.02. The van der Waals surface area contributed by atoms with E-state index < -0.39 is 17.9 Å². The number of morpholine rings is 1. The highest BCUT2D eigenvalue weighted by Gasteiger charge is 2.60. The molecule has 0 aromatic rings. The van der Waals surface area contributed by atoms with E-state index in [2.05, 4.69) is 6.92 Å². The molecule has 30 heavy (non-hydrogen) atoms. The zero-order chi connectivity index (χ0) is 21.4. The number of unbranched alkanes of at least 4 members (excludes halogenated alkanes) is 1. The van der Waals surface area contributed by atoms with Crippen molar-refractivity contribution in [1.82, 2.24) is 0 Å². The van der Waals surface area contributed by atoms with E-state index in [1.165, 1.54) is 19.4 Å². The van der Waals surface area contributed by atoms with Gasteiger partial charge in [-0.05, 0) is 34.1 Å². The first-order valence-corrected chi connectivity index (χ1v) is 11.6. The fourth-order valence-corrected chi connectivity index (χ4v) is 5.07. The van der Waals surface area contributed by atoms with Crippen LogP contribution in [0.25, 0.3) is 0 Å². The maximum atomic E-state index is 6.23. The van der Waals surface area contributed by atoms with Crippen LogP contribution in [-0.4, -0.2) is 99.4 Å². The lowest BCUT2D eigenvalue weighted by Gasteiger charge is -2.41. The van der Waals surface area contributed by atoms with Crippen molar-refractivity contribution < 1.29 is 37.6 Å². The van der Waals surface area contributed by atoms with Crippen LogP contribution in [0.3, 0.4) is 0 Å². The highest BCUT2D eigenvalue weighted by Crippen LogP contribution is 2.44. The first kappa shape index (κ1) is 22.9. The summed E-state index contributed by atoms with van der Waals surface area (Å²) in [7, 11) is 0. The van der Waals surface area contributed by atoms with Crippen LogP contribution in [0.1, 0.15) is 47.5 Å². The number of quaternary nitrogens is 1. The number of nitrogens with zero attached hydrogens (tertiary/aromatic N) is 1. The molecule has 5 atom stereocenters. The summed E-state index contributed by atoms with van der Waals surface area (Å²) < 4.78 is 43.4. The molecule has 0 unspecified atom stereocenters. The largest absolute Gasteiger partial charge is 0.373 e. The van der Waals surface area contributed by atoms with Gasteiger partial charge in [0, 0.05) is 0 Å². The quantitative estimate of drug-likeness (QED) is 0.431. The van der Waals surface area contributed by atoms with E-state index in [1.807, 2.05) is 27.7 Å². The van der Waals surface area contributed by atoms with E-state index in [1.54, 1.807) is 0 Å². The van der Waals surface area contributed by atoms with Gasteiger partial charge in [-0.1, -0.05) is 13.3 Å². The molecule has 0 bridgehead atoms. The third-order valence-electron chi connectivity index (χ3n) is 6.65. The van der Waals surface area contributed by atoms with Crippen LogP contribution in [-0.2, 0) is 33.2 Å². The lowest BCUT2D eigenvalue weighted by atomic mass is 9.99. The van der Waals surface area contributed by atoms with Crippen LogP contribution in [0.5, 0.6) is 0 Å². The van der Waals surface area contributed by atoms with Crippen molar-refractivity contribution >= 4 is 0 Å². The van der Waals surface area contributed by atoms with Gasteiger partial charge in [0.15, 0.2) is 17.9 Å². The molecule has 174 valence electrons. The first-order valence-electron chi connectivity index (χ1n) is 11.6. The molecular weight excluding hydrogens is 390 g/mol. The fraction of sp³-hybridized carbons (Fsp3) is 1.00. The van der Waals surface area contributed by atoms with Crippen LogP contribution in [0.15, 0.2) is 0 Å². The molecule has 8 nitrogen and oxygen atoms in total. The number of fused-ring (bicyclic) bond motifs is 3. The monoisotopic (exact) mass is 430 g/mol. The lowest BCUT2D eigenvalue weighted by molar-refractivity contribution is -0.935. The zero-order valence-corrected chi connectivity index (χ0v) is 19.3. The van der Waals surface area contributed by atoms with Gasteiger partial charge >= 0.3 is 0 Å². The Morgan fingerprint density at radius 1 is 0.867 bits per heavy atom. The van der Waals surface area contributed by atoms with Crippen LogP contribution in [0, 0.1) is 0 Å². The minimum absolute atomic E-state index is 0.226. The van der Waals surface area contributed by atoms with E-state index in [-0.39, 0.29) is 24.4 Å². The summed E-state index contributed by atoms with van der Waals surface area (Å²) in [4.78, 5) is 0. The molecule has 0 aromatic carbocycles. The molecule has 0 spiro atoms. The van der Waals surface area contributed by atoms with E-state index in [0.29, 0.717) is 13.2 Å². The van der Waals surface area contributed by atoms with Gasteiger partial charge in [-0.2, -0.15) is 0 Å². The van der Waals surface area contributed by atoms with E-state index >= 15 is 0 Å². The molecular formula is C22H40NO7+. The molecule has 0 N–H and O–H groups in total. The van der Waals surface area contributed by atoms with Gasteiger partial charge in [-0.15, -0.1) is 0 Å². The first-order chi connectivity index (χ1) is 14.2. The number of rotatable bonds is 8. The Bertz CT molecular complexity index is 578. The summed E-state index contributed by atoms with van der Waals surface area (Å²) in [5.41, 5.74) is 0. The maximum absolute atomic E-state index is 6.23. The summed E-state index contributed by atoms with van der Waals surface area (Å²) in [5, 5.41) is 0. The molecule has 0 saturated carbocycles. The highest BCUT2D eigenvalue weighted by molar-refractivity contribution is 5.00. The van der Waals surface area contributed by atoms with Gasteiger partial charge in [0.1, 0.15) is 44.1 Å². The van der Waals surface area contributed by atoms with Gasteiger partial charge in [0.25, 0.3) is 0 Å². The SMILES string of the molecule is CCCC[N+]1(CCOC[C@H]2O[C@@H]3OC(C)(C)O[C@@H]3[C@H]3OC(C)(C)O[C@H]32)CCOCC1. The third-order valence-corrected chi connectivity index (χ3v) is 6.65. The Hall–Kier alpha value is -0.320. The highest BCUT2D eigenvalue weighted by atomic mass is 16.9. The Balaban J connectivity index is 1.33. The molecule has 0 aromatic heterocycles. The molecule has 0 amide bonds. The lowest BCUT2D eigenvalue weighted by Crippen LogP contribution is -2.58. The standard InChI is InChI=1S/C22H40NO7/c1-6-7-8-23(9-12-24-13-10-23)11-14-25-15-16-17-18(28-21(2,3)27-17)19-20(26-16)30-22(4,5)29-19/h16-20H,6-15H2,1-5H3/q+1/t16-,17+,18+,19-,20-/m1/s1. The molecule has 4 aliphatic rings. The number of hydrogen-bond acceptors (Lipinski definition) is 7. The minimum Gasteiger partial charge on any atom is -0.373 e. The Morgan fingerprint density at radius 3 is 2.27 bits per heavy atom. The van der Waals surface area contributed by atoms with Crippen LogP contribution in [0.4, 0.5) is 0 Å². The van der Waals surface area contributed by atoms with Crippen molar-refractivity contribution in [3.05, 3.63) is 0 Å². The van der Waals surface area contributed by atoms with Crippen molar-refractivity contribution in [2.24, 2.45) is 0 Å². The predicted molar refractivity (Wildman–Crippen MR) is 109 cm³/mol. The van der Waals surface area contributed by atoms with Gasteiger partial charge in [-0.3, -0.25) is 0 Å². The zero-order valence-electron chi connectivity index (χ0n) is 19.3. The summed E-state index contributed by atoms with van der Waals surface area (Å²) in [5.74, 6) is -1.37. The van der Waals surface area contributed by atoms with Crippen molar-refractivity contribution in [3.63, 3.8) is 0 Å². The van der Waals surface area contributed by atoms with Crippen molar-refractivity contribution in [2.75, 3.05) is 52.6 Å². The topological polar surface area (TPSA) is 64.6 Å². The maximum Gasteiger partial charge on any atom is 0.190 e. The average molecular weight is 431 g/mol. The smallest absolute Gasteiger partial charge is 0.190 e. The van der Waals surface area contributed by atoms with E-state index in [4.69, 9.17) is 33.2 Å². The molecule has 8 heteroatoms. The Kier molecular flexibility index (Phi) is 6.78. The van der Waals surface area contributed by atoms with Crippen molar-refractivity contribution in [3.8, 4) is 0 Å². The number of ether oxygens (including phenoxy) is 7. The fourth-order valence-electron chi connectivity index (χ4n) is 5.07. The van der Waals surface area contributed by atoms with Crippen molar-refractivity contribution in [1.29, 1.82) is 0 Å². The van der Waals surface area contributed by atoms with Gasteiger partial charge in [0.05, 0.1) is 33.0 Å². The minimum atomic E-state index is -0.697. The molecule has 0 aliphatic carbocycles. The van der Waals surface area contributed by atoms with Gasteiger partial charge in [0.2, 0.25) is 0 Å². The second kappa shape index (κ2) is 8.90. The number of hydrogen-bond donors (Lipinski definition) is 0. The summed E-state index contributed by atoms with van der Waals surface area (Å²) >= 11 is 0. The van der Waals surface area contributed by atoms with Crippen LogP contribution in [0.2, 0.25) is 0 Å². The Labute approximate surface area is 180 Å². The van der Waals surface area contributed by atoms with Gasteiger partial charge in [-0.25, -0.2) is 0 Å². The van der Waals surface area contributed by atoms with Crippen LogP contribution < -0.4 is 0 Å². The second-order valence-electron chi connectivity index (χ2n) is 9.98. The molecule has 0 radical (unpaired) electrons. The Morgan fingerprint density at radius 2 is 1.53 bits per heavy atom. The summed E-state index contributed by atoms with van der Waals surface area (Å²) in [6.07, 6.45) is 1.00. The van der Waals surface area contributed by atoms with Crippen LogP contribution >= 0.6 is 0 Å².